The molecule has 0 spiro atoms. The van der Waals surface area contributed by atoms with Gasteiger partial charge in [0.1, 0.15) is 5.75 Å². The SMILES string of the molecule is COc1ccc(CC2(CCC(=O)NCCc3ccc(C(F)(F)F)cc3)CCC(=O)N2)cc1. The maximum absolute atomic E-state index is 12.6. The Balaban J connectivity index is 1.49. The van der Waals surface area contributed by atoms with E-state index in [9.17, 15) is 22.8 Å². The van der Waals surface area contributed by atoms with Crippen LogP contribution in [-0.2, 0) is 28.6 Å². The quantitative estimate of drug-likeness (QED) is 0.608. The number of hydrogen-bond acceptors (Lipinski definition) is 3. The van der Waals surface area contributed by atoms with E-state index in [-0.39, 0.29) is 18.2 Å². The fraction of sp³-hybridized carbons (Fsp3) is 0.417. The van der Waals surface area contributed by atoms with E-state index < -0.39 is 17.3 Å². The van der Waals surface area contributed by atoms with Crippen molar-refractivity contribution in [1.29, 1.82) is 0 Å². The number of carbonyl (C=O) groups is 2. The minimum Gasteiger partial charge on any atom is -0.497 e. The van der Waals surface area contributed by atoms with E-state index in [0.29, 0.717) is 38.6 Å². The van der Waals surface area contributed by atoms with Crippen LogP contribution in [0.3, 0.4) is 0 Å². The molecule has 0 bridgehead atoms. The Bertz CT molecular complexity index is 927. The summed E-state index contributed by atoms with van der Waals surface area (Å²) in [6, 6.07) is 12.6. The van der Waals surface area contributed by atoms with Crippen LogP contribution in [0.4, 0.5) is 13.2 Å². The van der Waals surface area contributed by atoms with Crippen molar-refractivity contribution in [1.82, 2.24) is 10.6 Å². The molecular weight excluding hydrogens is 421 g/mol. The molecule has 0 radical (unpaired) electrons. The second kappa shape index (κ2) is 10.1. The molecule has 0 aromatic heterocycles. The molecule has 1 fully saturated rings. The highest BCUT2D eigenvalue weighted by Crippen LogP contribution is 2.30. The average molecular weight is 448 g/mol. The number of nitrogens with one attached hydrogen (secondary N) is 2. The number of carbonyl (C=O) groups excluding carboxylic acids is 2. The van der Waals surface area contributed by atoms with Crippen LogP contribution in [0.15, 0.2) is 48.5 Å². The van der Waals surface area contributed by atoms with Gasteiger partial charge in [0.2, 0.25) is 11.8 Å². The molecule has 1 heterocycles. The smallest absolute Gasteiger partial charge is 0.416 e. The Labute approximate surface area is 185 Å². The minimum absolute atomic E-state index is 0.0128. The van der Waals surface area contributed by atoms with Crippen molar-refractivity contribution in [3.63, 3.8) is 0 Å². The van der Waals surface area contributed by atoms with Crippen molar-refractivity contribution >= 4 is 11.8 Å². The van der Waals surface area contributed by atoms with Gasteiger partial charge in [0.15, 0.2) is 0 Å². The van der Waals surface area contributed by atoms with Gasteiger partial charge in [-0.2, -0.15) is 13.2 Å². The topological polar surface area (TPSA) is 67.4 Å². The number of methoxy groups -OCH3 is 1. The number of benzene rings is 2. The van der Waals surface area contributed by atoms with Gasteiger partial charge in [-0.05, 0) is 61.1 Å². The van der Waals surface area contributed by atoms with Crippen molar-refractivity contribution in [2.75, 3.05) is 13.7 Å². The first-order chi connectivity index (χ1) is 15.2. The molecule has 2 aromatic rings. The van der Waals surface area contributed by atoms with Crippen LogP contribution in [0.25, 0.3) is 0 Å². The molecule has 3 rings (SSSR count). The summed E-state index contributed by atoms with van der Waals surface area (Å²) < 4.78 is 43.1. The van der Waals surface area contributed by atoms with Crippen molar-refractivity contribution in [2.45, 2.75) is 50.2 Å². The van der Waals surface area contributed by atoms with Gasteiger partial charge < -0.3 is 15.4 Å². The first-order valence-electron chi connectivity index (χ1n) is 10.6. The van der Waals surface area contributed by atoms with E-state index in [0.717, 1.165) is 29.0 Å². The monoisotopic (exact) mass is 448 g/mol. The van der Waals surface area contributed by atoms with Crippen LogP contribution in [0.1, 0.15) is 42.4 Å². The first kappa shape index (κ1) is 23.6. The van der Waals surface area contributed by atoms with Gasteiger partial charge in [-0.3, -0.25) is 9.59 Å². The highest BCUT2D eigenvalue weighted by atomic mass is 19.4. The lowest BCUT2D eigenvalue weighted by atomic mass is 9.85. The molecule has 172 valence electrons. The normalized spacial score (nSPS) is 18.3. The summed E-state index contributed by atoms with van der Waals surface area (Å²) in [7, 11) is 1.60. The van der Waals surface area contributed by atoms with Gasteiger partial charge in [-0.15, -0.1) is 0 Å². The fourth-order valence-electron chi connectivity index (χ4n) is 3.96. The van der Waals surface area contributed by atoms with Crippen molar-refractivity contribution < 1.29 is 27.5 Å². The molecule has 1 atom stereocenters. The van der Waals surface area contributed by atoms with E-state index in [2.05, 4.69) is 10.6 Å². The van der Waals surface area contributed by atoms with E-state index >= 15 is 0 Å². The molecule has 1 aliphatic rings. The zero-order valence-corrected chi connectivity index (χ0v) is 17.9. The highest BCUT2D eigenvalue weighted by Gasteiger charge is 2.37. The van der Waals surface area contributed by atoms with E-state index in [1.807, 2.05) is 24.3 Å². The van der Waals surface area contributed by atoms with Crippen LogP contribution in [0, 0.1) is 0 Å². The molecule has 2 N–H and O–H groups in total. The standard InChI is InChI=1S/C24H27F3N2O3/c1-32-20-8-4-18(5-9-20)16-23(14-11-22(31)29-23)13-10-21(30)28-15-12-17-2-6-19(7-3-17)24(25,26)27/h2-9H,10-16H2,1H3,(H,28,30)(H,29,31). The number of hydrogen-bond donors (Lipinski definition) is 2. The lowest BCUT2D eigenvalue weighted by Crippen LogP contribution is -2.44. The molecular formula is C24H27F3N2O3. The van der Waals surface area contributed by atoms with Crippen molar-refractivity contribution in [2.24, 2.45) is 0 Å². The van der Waals surface area contributed by atoms with Crippen LogP contribution in [-0.4, -0.2) is 31.0 Å². The van der Waals surface area contributed by atoms with Gasteiger partial charge in [-0.1, -0.05) is 24.3 Å². The number of halogens is 3. The van der Waals surface area contributed by atoms with E-state index in [1.165, 1.54) is 12.1 Å². The summed E-state index contributed by atoms with van der Waals surface area (Å²) in [5, 5.41) is 5.87. The van der Waals surface area contributed by atoms with Crippen molar-refractivity contribution in [3.8, 4) is 5.75 Å². The fourth-order valence-corrected chi connectivity index (χ4v) is 3.96. The van der Waals surface area contributed by atoms with Gasteiger partial charge in [0.05, 0.1) is 12.7 Å². The van der Waals surface area contributed by atoms with Crippen LogP contribution in [0.2, 0.25) is 0 Å². The Kier molecular flexibility index (Phi) is 7.43. The molecule has 0 aliphatic carbocycles. The lowest BCUT2D eigenvalue weighted by Gasteiger charge is -2.29. The number of alkyl halides is 3. The van der Waals surface area contributed by atoms with Crippen LogP contribution < -0.4 is 15.4 Å². The van der Waals surface area contributed by atoms with Crippen LogP contribution in [0.5, 0.6) is 5.75 Å². The third-order valence-corrected chi connectivity index (χ3v) is 5.78. The molecule has 1 unspecified atom stereocenters. The third kappa shape index (κ3) is 6.48. The van der Waals surface area contributed by atoms with E-state index in [4.69, 9.17) is 4.74 Å². The Morgan fingerprint density at radius 2 is 1.75 bits per heavy atom. The molecule has 2 amide bonds. The van der Waals surface area contributed by atoms with E-state index in [1.54, 1.807) is 7.11 Å². The molecule has 0 saturated carbocycles. The Hall–Kier alpha value is -3.03. The molecule has 8 heteroatoms. The number of rotatable bonds is 9. The van der Waals surface area contributed by atoms with Crippen molar-refractivity contribution in [3.05, 3.63) is 65.2 Å². The van der Waals surface area contributed by atoms with Gasteiger partial charge >= 0.3 is 6.18 Å². The molecule has 32 heavy (non-hydrogen) atoms. The maximum atomic E-state index is 12.6. The summed E-state index contributed by atoms with van der Waals surface area (Å²) in [4.78, 5) is 24.3. The molecule has 1 aliphatic heterocycles. The summed E-state index contributed by atoms with van der Waals surface area (Å²) in [5.41, 5.74) is 0.621. The predicted molar refractivity (Wildman–Crippen MR) is 114 cm³/mol. The molecule has 1 saturated heterocycles. The second-order valence-corrected chi connectivity index (χ2v) is 8.15. The van der Waals surface area contributed by atoms with Gasteiger partial charge in [-0.25, -0.2) is 0 Å². The summed E-state index contributed by atoms with van der Waals surface area (Å²) >= 11 is 0. The Morgan fingerprint density at radius 1 is 1.09 bits per heavy atom. The molecule has 2 aromatic carbocycles. The number of amides is 2. The first-order valence-corrected chi connectivity index (χ1v) is 10.6. The Morgan fingerprint density at radius 3 is 2.31 bits per heavy atom. The summed E-state index contributed by atoms with van der Waals surface area (Å²) in [6.45, 7) is 0.335. The predicted octanol–water partition coefficient (Wildman–Crippen LogP) is 4.04. The molecule has 5 nitrogen and oxygen atoms in total. The third-order valence-electron chi connectivity index (χ3n) is 5.78. The minimum atomic E-state index is -4.36. The largest absolute Gasteiger partial charge is 0.497 e. The average Bonchev–Trinajstić information content (AvgIpc) is 3.13. The zero-order valence-electron chi connectivity index (χ0n) is 17.9. The maximum Gasteiger partial charge on any atom is 0.416 e. The summed E-state index contributed by atoms with van der Waals surface area (Å²) in [5.74, 6) is 0.596. The second-order valence-electron chi connectivity index (χ2n) is 8.15. The van der Waals surface area contributed by atoms with Gasteiger partial charge in [0, 0.05) is 24.9 Å². The zero-order chi connectivity index (χ0) is 23.2. The van der Waals surface area contributed by atoms with Crippen LogP contribution >= 0.6 is 0 Å². The number of ether oxygens (including phenoxy) is 1. The lowest BCUT2D eigenvalue weighted by molar-refractivity contribution is -0.137. The van der Waals surface area contributed by atoms with Gasteiger partial charge in [0.25, 0.3) is 0 Å². The highest BCUT2D eigenvalue weighted by molar-refractivity contribution is 5.80. The summed E-state index contributed by atoms with van der Waals surface area (Å²) in [6.07, 6.45) is -1.42.